The van der Waals surface area contributed by atoms with Gasteiger partial charge in [-0.2, -0.15) is 0 Å². The fraction of sp³-hybridized carbons (Fsp3) is 0.438. The quantitative estimate of drug-likeness (QED) is 0.946. The van der Waals surface area contributed by atoms with Crippen LogP contribution < -0.4 is 0 Å². The first-order valence-electron chi connectivity index (χ1n) is 7.23. The number of β-amino-alcohol motifs (C(OH)–C–C–N with tert-alkyl or cyclic N) is 1. The molecule has 2 heterocycles. The van der Waals surface area contributed by atoms with Gasteiger partial charge in [-0.1, -0.05) is 18.5 Å². The molecule has 2 aromatic rings. The molecule has 1 aliphatic rings. The summed E-state index contributed by atoms with van der Waals surface area (Å²) in [7, 11) is 0. The second-order valence-corrected chi connectivity index (χ2v) is 6.13. The molecule has 1 aromatic heterocycles. The Balaban J connectivity index is 1.66. The third kappa shape index (κ3) is 3.46. The Morgan fingerprint density at radius 1 is 1.38 bits per heavy atom. The molecule has 2 unspecified atom stereocenters. The Labute approximate surface area is 129 Å². The summed E-state index contributed by atoms with van der Waals surface area (Å²) in [5.41, 5.74) is 0.963. The zero-order chi connectivity index (χ0) is 14.8. The number of aromatic nitrogens is 1. The van der Waals surface area contributed by atoms with Crippen LogP contribution in [0.2, 0.25) is 5.02 Å². The number of aliphatic hydroxyl groups is 1. The first-order chi connectivity index (χ1) is 10.1. The van der Waals surface area contributed by atoms with Gasteiger partial charge in [-0.25, -0.2) is 4.98 Å². The Bertz CT molecular complexity index is 597. The second kappa shape index (κ2) is 6.18. The van der Waals surface area contributed by atoms with Crippen molar-refractivity contribution in [3.05, 3.63) is 41.4 Å². The van der Waals surface area contributed by atoms with Crippen molar-refractivity contribution in [2.75, 3.05) is 13.1 Å². The maximum Gasteiger partial charge on any atom is 0.209 e. The number of nitrogens with zero attached hydrogens (tertiary/aromatic N) is 2. The summed E-state index contributed by atoms with van der Waals surface area (Å²) in [5, 5.41) is 10.6. The van der Waals surface area contributed by atoms with Crippen molar-refractivity contribution in [3.8, 4) is 11.3 Å². The molecule has 1 aromatic carbocycles. The lowest BCUT2D eigenvalue weighted by atomic mass is 9.96. The number of piperidine rings is 1. The maximum absolute atomic E-state index is 9.93. The van der Waals surface area contributed by atoms with Crippen LogP contribution in [0.4, 0.5) is 0 Å². The lowest BCUT2D eigenvalue weighted by molar-refractivity contribution is 0.0228. The third-order valence-electron chi connectivity index (χ3n) is 4.04. The van der Waals surface area contributed by atoms with E-state index in [0.29, 0.717) is 29.9 Å². The maximum atomic E-state index is 9.93. The third-order valence-corrected chi connectivity index (χ3v) is 4.30. The van der Waals surface area contributed by atoms with Gasteiger partial charge in [0.2, 0.25) is 5.89 Å². The van der Waals surface area contributed by atoms with Gasteiger partial charge in [0, 0.05) is 17.1 Å². The molecule has 0 aliphatic carbocycles. The monoisotopic (exact) mass is 306 g/mol. The van der Waals surface area contributed by atoms with Crippen LogP contribution in [0, 0.1) is 5.92 Å². The minimum Gasteiger partial charge on any atom is -0.439 e. The van der Waals surface area contributed by atoms with Gasteiger partial charge < -0.3 is 9.52 Å². The van der Waals surface area contributed by atoms with Gasteiger partial charge in [0.15, 0.2) is 5.76 Å². The van der Waals surface area contributed by atoms with Gasteiger partial charge in [0.25, 0.3) is 0 Å². The van der Waals surface area contributed by atoms with Gasteiger partial charge in [-0.3, -0.25) is 4.90 Å². The molecule has 0 saturated carbocycles. The smallest absolute Gasteiger partial charge is 0.209 e. The van der Waals surface area contributed by atoms with E-state index in [2.05, 4.69) is 16.8 Å². The lowest BCUT2D eigenvalue weighted by Crippen LogP contribution is -2.42. The molecule has 0 radical (unpaired) electrons. The lowest BCUT2D eigenvalue weighted by Gasteiger charge is -2.33. The van der Waals surface area contributed by atoms with Crippen LogP contribution in [0.15, 0.2) is 34.9 Å². The molecule has 1 aliphatic heterocycles. The van der Waals surface area contributed by atoms with Gasteiger partial charge >= 0.3 is 0 Å². The van der Waals surface area contributed by atoms with Crippen LogP contribution in [0.1, 0.15) is 19.2 Å². The van der Waals surface area contributed by atoms with E-state index >= 15 is 0 Å². The number of oxazole rings is 1. The van der Waals surface area contributed by atoms with E-state index in [1.54, 1.807) is 6.20 Å². The minimum atomic E-state index is -0.260. The minimum absolute atomic E-state index is 0.260. The van der Waals surface area contributed by atoms with E-state index in [-0.39, 0.29) is 6.10 Å². The first kappa shape index (κ1) is 14.6. The summed E-state index contributed by atoms with van der Waals surface area (Å²) in [6.45, 7) is 4.37. The van der Waals surface area contributed by atoms with Gasteiger partial charge in [-0.15, -0.1) is 0 Å². The highest BCUT2D eigenvalue weighted by molar-refractivity contribution is 6.30. The zero-order valence-electron chi connectivity index (χ0n) is 12.0. The van der Waals surface area contributed by atoms with Crippen LogP contribution >= 0.6 is 11.6 Å². The van der Waals surface area contributed by atoms with Crippen LogP contribution in [-0.2, 0) is 6.54 Å². The van der Waals surface area contributed by atoms with E-state index in [4.69, 9.17) is 16.0 Å². The molecule has 0 bridgehead atoms. The van der Waals surface area contributed by atoms with Crippen LogP contribution in [0.5, 0.6) is 0 Å². The molecule has 1 fully saturated rings. The Hall–Kier alpha value is -1.36. The molecule has 3 rings (SSSR count). The molecular formula is C16H19ClN2O2. The Kier molecular flexibility index (Phi) is 4.29. The van der Waals surface area contributed by atoms with Gasteiger partial charge in [-0.05, 0) is 43.1 Å². The summed E-state index contributed by atoms with van der Waals surface area (Å²) in [6, 6.07) is 7.50. The fourth-order valence-electron chi connectivity index (χ4n) is 2.58. The number of likely N-dealkylation sites (tertiary alicyclic amines) is 1. The normalized spacial score (nSPS) is 23.4. The molecule has 0 spiro atoms. The van der Waals surface area contributed by atoms with Crippen LogP contribution in [0.25, 0.3) is 11.3 Å². The average Bonchev–Trinajstić information content (AvgIpc) is 2.92. The van der Waals surface area contributed by atoms with Crippen LogP contribution in [-0.4, -0.2) is 34.2 Å². The van der Waals surface area contributed by atoms with Crippen molar-refractivity contribution in [1.29, 1.82) is 0 Å². The molecule has 5 heteroatoms. The van der Waals surface area contributed by atoms with Crippen molar-refractivity contribution in [3.63, 3.8) is 0 Å². The molecule has 0 amide bonds. The van der Waals surface area contributed by atoms with E-state index < -0.39 is 0 Å². The number of rotatable bonds is 3. The highest BCUT2D eigenvalue weighted by Gasteiger charge is 2.25. The molecule has 112 valence electrons. The van der Waals surface area contributed by atoms with Crippen molar-refractivity contribution in [2.45, 2.75) is 26.0 Å². The fourth-order valence-corrected chi connectivity index (χ4v) is 2.71. The second-order valence-electron chi connectivity index (χ2n) is 5.69. The molecular weight excluding hydrogens is 288 g/mol. The zero-order valence-corrected chi connectivity index (χ0v) is 12.8. The molecule has 1 N–H and O–H groups in total. The van der Waals surface area contributed by atoms with Crippen molar-refractivity contribution in [1.82, 2.24) is 9.88 Å². The molecule has 21 heavy (non-hydrogen) atoms. The van der Waals surface area contributed by atoms with Crippen molar-refractivity contribution in [2.24, 2.45) is 5.92 Å². The Morgan fingerprint density at radius 2 is 2.14 bits per heavy atom. The number of hydrogen-bond acceptors (Lipinski definition) is 4. The molecule has 1 saturated heterocycles. The summed E-state index contributed by atoms with van der Waals surface area (Å²) in [5.74, 6) is 1.80. The highest BCUT2D eigenvalue weighted by atomic mass is 35.5. The molecule has 2 atom stereocenters. The molecule has 4 nitrogen and oxygen atoms in total. The predicted octanol–water partition coefficient (Wildman–Crippen LogP) is 3.20. The summed E-state index contributed by atoms with van der Waals surface area (Å²) >= 11 is 5.88. The standard InChI is InChI=1S/C16H19ClN2O2/c1-11-6-7-19(9-14(11)20)10-16-18-8-15(21-16)12-2-4-13(17)5-3-12/h2-5,8,11,14,20H,6-7,9-10H2,1H3. The van der Waals surface area contributed by atoms with E-state index in [1.165, 1.54) is 0 Å². The first-order valence-corrected chi connectivity index (χ1v) is 7.60. The summed E-state index contributed by atoms with van der Waals surface area (Å²) in [6.07, 6.45) is 2.48. The summed E-state index contributed by atoms with van der Waals surface area (Å²) in [4.78, 5) is 6.51. The van der Waals surface area contributed by atoms with Crippen LogP contribution in [0.3, 0.4) is 0 Å². The van der Waals surface area contributed by atoms with Gasteiger partial charge in [0.05, 0.1) is 18.8 Å². The number of halogens is 1. The highest BCUT2D eigenvalue weighted by Crippen LogP contribution is 2.24. The van der Waals surface area contributed by atoms with Gasteiger partial charge in [0.1, 0.15) is 0 Å². The topological polar surface area (TPSA) is 49.5 Å². The number of benzene rings is 1. The number of aliphatic hydroxyl groups excluding tert-OH is 1. The average molecular weight is 307 g/mol. The van der Waals surface area contributed by atoms with E-state index in [1.807, 2.05) is 24.3 Å². The largest absolute Gasteiger partial charge is 0.439 e. The van der Waals surface area contributed by atoms with Crippen molar-refractivity contribution < 1.29 is 9.52 Å². The van der Waals surface area contributed by atoms with E-state index in [9.17, 15) is 5.11 Å². The van der Waals surface area contributed by atoms with Crippen molar-refractivity contribution >= 4 is 11.6 Å². The number of hydrogen-bond donors (Lipinski definition) is 1. The SMILES string of the molecule is CC1CCN(Cc2ncc(-c3ccc(Cl)cc3)o2)CC1O. The summed E-state index contributed by atoms with van der Waals surface area (Å²) < 4.78 is 5.80. The van der Waals surface area contributed by atoms with E-state index in [0.717, 1.165) is 24.3 Å². The Morgan fingerprint density at radius 3 is 2.86 bits per heavy atom. The predicted molar refractivity (Wildman–Crippen MR) is 82.0 cm³/mol.